The highest BCUT2D eigenvalue weighted by Crippen LogP contribution is 2.24. The highest BCUT2D eigenvalue weighted by atomic mass is 16.5. The van der Waals surface area contributed by atoms with Crippen molar-refractivity contribution in [1.82, 2.24) is 4.98 Å². The van der Waals surface area contributed by atoms with Gasteiger partial charge in [0, 0.05) is 17.8 Å². The maximum absolute atomic E-state index is 11.3. The van der Waals surface area contributed by atoms with Crippen LogP contribution in [-0.4, -0.2) is 40.9 Å². The standard InChI is InChI=1S/C31H36N2O7/c1-38-26-11-9-22(10-12-26)8-6-4-2-3-5-7-17-39-28-14-15-29(33-27(28)13-16-30(34)35)40-21-23-18-24(31(36)37)20-25(32)19-23/h9-16,18-20H,2-8,17,21,32H2,1H3,(H,34,35)(H,36,37). The number of hydrogen-bond donors (Lipinski definition) is 3. The largest absolute Gasteiger partial charge is 0.497 e. The Morgan fingerprint density at radius 2 is 1.60 bits per heavy atom. The van der Waals surface area contributed by atoms with Crippen molar-refractivity contribution in [2.75, 3.05) is 19.5 Å². The Morgan fingerprint density at radius 3 is 2.30 bits per heavy atom. The molecule has 0 aliphatic carbocycles. The van der Waals surface area contributed by atoms with E-state index in [9.17, 15) is 14.7 Å². The summed E-state index contributed by atoms with van der Waals surface area (Å²) in [5, 5.41) is 18.3. The molecule has 3 aromatic rings. The Labute approximate surface area is 234 Å². The number of benzene rings is 2. The number of carbonyl (C=O) groups is 2. The van der Waals surface area contributed by atoms with Crippen LogP contribution < -0.4 is 19.9 Å². The second-order valence-corrected chi connectivity index (χ2v) is 9.33. The molecule has 0 aliphatic heterocycles. The van der Waals surface area contributed by atoms with E-state index < -0.39 is 11.9 Å². The molecule has 0 radical (unpaired) electrons. The van der Waals surface area contributed by atoms with Crippen molar-refractivity contribution in [3.05, 3.63) is 83.1 Å². The van der Waals surface area contributed by atoms with Gasteiger partial charge in [-0.1, -0.05) is 37.8 Å². The Balaban J connectivity index is 1.43. The number of aliphatic carboxylic acids is 1. The fraction of sp³-hybridized carbons (Fsp3) is 0.323. The van der Waals surface area contributed by atoms with E-state index in [0.717, 1.165) is 50.4 Å². The molecule has 0 aliphatic rings. The molecule has 0 amide bonds. The molecule has 0 atom stereocenters. The SMILES string of the molecule is COc1ccc(CCCCCCCCOc2ccc(OCc3cc(N)cc(C(=O)O)c3)nc2C=CC(=O)O)cc1. The van der Waals surface area contributed by atoms with Crippen molar-refractivity contribution in [2.45, 2.75) is 51.6 Å². The van der Waals surface area contributed by atoms with Crippen LogP contribution in [-0.2, 0) is 17.8 Å². The number of aromatic nitrogens is 1. The van der Waals surface area contributed by atoms with Crippen LogP contribution in [0.25, 0.3) is 6.08 Å². The number of carboxylic acid groups (broad SMARTS) is 2. The van der Waals surface area contributed by atoms with E-state index in [2.05, 4.69) is 17.1 Å². The Morgan fingerprint density at radius 1 is 0.875 bits per heavy atom. The Hall–Kier alpha value is -4.53. The topological polar surface area (TPSA) is 141 Å². The van der Waals surface area contributed by atoms with E-state index >= 15 is 0 Å². The molecule has 0 unspecified atom stereocenters. The number of nitrogens with zero attached hydrogens (tertiary/aromatic N) is 1. The van der Waals surface area contributed by atoms with E-state index in [1.54, 1.807) is 25.3 Å². The zero-order chi connectivity index (χ0) is 28.7. The monoisotopic (exact) mass is 548 g/mol. The van der Waals surface area contributed by atoms with Crippen LogP contribution in [0.3, 0.4) is 0 Å². The minimum Gasteiger partial charge on any atom is -0.497 e. The van der Waals surface area contributed by atoms with Crippen molar-refractivity contribution in [1.29, 1.82) is 0 Å². The lowest BCUT2D eigenvalue weighted by molar-refractivity contribution is -0.131. The lowest BCUT2D eigenvalue weighted by Gasteiger charge is -2.12. The van der Waals surface area contributed by atoms with Crippen LogP contribution in [0.4, 0.5) is 5.69 Å². The molecule has 212 valence electrons. The third-order valence-corrected chi connectivity index (χ3v) is 6.17. The normalized spacial score (nSPS) is 10.9. The first-order valence-electron chi connectivity index (χ1n) is 13.3. The first kappa shape index (κ1) is 30.0. The van der Waals surface area contributed by atoms with Gasteiger partial charge in [-0.15, -0.1) is 0 Å². The molecule has 0 bridgehead atoms. The molecular weight excluding hydrogens is 512 g/mol. The third kappa shape index (κ3) is 10.3. The van der Waals surface area contributed by atoms with Gasteiger partial charge in [0.15, 0.2) is 0 Å². The maximum atomic E-state index is 11.3. The third-order valence-electron chi connectivity index (χ3n) is 6.17. The molecule has 0 spiro atoms. The summed E-state index contributed by atoms with van der Waals surface area (Å²) in [6.45, 7) is 0.531. The number of rotatable bonds is 17. The van der Waals surface area contributed by atoms with Gasteiger partial charge in [-0.25, -0.2) is 14.6 Å². The summed E-state index contributed by atoms with van der Waals surface area (Å²) >= 11 is 0. The molecule has 1 aromatic heterocycles. The number of aromatic carboxylic acids is 1. The van der Waals surface area contributed by atoms with Gasteiger partial charge in [0.05, 0.1) is 19.3 Å². The summed E-state index contributed by atoms with van der Waals surface area (Å²) in [7, 11) is 1.67. The van der Waals surface area contributed by atoms with E-state index in [0.29, 0.717) is 29.3 Å². The number of ether oxygens (including phenoxy) is 3. The number of unbranched alkanes of at least 4 members (excludes halogenated alkanes) is 5. The highest BCUT2D eigenvalue weighted by molar-refractivity contribution is 5.89. The van der Waals surface area contributed by atoms with Crippen LogP contribution in [0.5, 0.6) is 17.4 Å². The summed E-state index contributed by atoms with van der Waals surface area (Å²) in [5.74, 6) is -0.610. The highest BCUT2D eigenvalue weighted by Gasteiger charge is 2.10. The van der Waals surface area contributed by atoms with Crippen molar-refractivity contribution in [2.24, 2.45) is 0 Å². The predicted molar refractivity (Wildman–Crippen MR) is 153 cm³/mol. The first-order valence-corrected chi connectivity index (χ1v) is 13.3. The van der Waals surface area contributed by atoms with Gasteiger partial charge in [-0.2, -0.15) is 0 Å². The van der Waals surface area contributed by atoms with Gasteiger partial charge in [-0.05, 0) is 72.9 Å². The number of anilines is 1. The lowest BCUT2D eigenvalue weighted by atomic mass is 10.0. The number of hydrogen-bond acceptors (Lipinski definition) is 7. The van der Waals surface area contributed by atoms with Crippen LogP contribution in [0, 0.1) is 0 Å². The minimum atomic E-state index is -1.10. The number of carboxylic acids is 2. The van der Waals surface area contributed by atoms with E-state index in [-0.39, 0.29) is 18.1 Å². The van der Waals surface area contributed by atoms with Crippen molar-refractivity contribution in [3.63, 3.8) is 0 Å². The van der Waals surface area contributed by atoms with Crippen molar-refractivity contribution >= 4 is 23.7 Å². The molecule has 0 saturated carbocycles. The van der Waals surface area contributed by atoms with Gasteiger partial charge < -0.3 is 30.2 Å². The number of pyridine rings is 1. The molecule has 0 fully saturated rings. The van der Waals surface area contributed by atoms with Crippen molar-refractivity contribution < 1.29 is 34.0 Å². The summed E-state index contributed by atoms with van der Waals surface area (Å²) in [4.78, 5) is 26.7. The molecule has 9 nitrogen and oxygen atoms in total. The van der Waals surface area contributed by atoms with E-state index in [1.807, 2.05) is 12.1 Å². The zero-order valence-corrected chi connectivity index (χ0v) is 22.7. The number of aryl methyl sites for hydroxylation is 1. The second-order valence-electron chi connectivity index (χ2n) is 9.33. The van der Waals surface area contributed by atoms with E-state index in [1.165, 1.54) is 30.2 Å². The molecular formula is C31H36N2O7. The zero-order valence-electron chi connectivity index (χ0n) is 22.7. The Kier molecular flexibility index (Phi) is 11.8. The lowest BCUT2D eigenvalue weighted by Crippen LogP contribution is -2.04. The number of nitrogen functional groups attached to an aromatic ring is 1. The van der Waals surface area contributed by atoms with Crippen LogP contribution in [0.15, 0.2) is 60.7 Å². The van der Waals surface area contributed by atoms with Gasteiger partial charge in [0.2, 0.25) is 5.88 Å². The molecule has 1 heterocycles. The van der Waals surface area contributed by atoms with E-state index in [4.69, 9.17) is 25.1 Å². The summed E-state index contributed by atoms with van der Waals surface area (Å²) in [6.07, 6.45) is 9.94. The smallest absolute Gasteiger partial charge is 0.335 e. The average Bonchev–Trinajstić information content (AvgIpc) is 2.94. The van der Waals surface area contributed by atoms with Gasteiger partial charge in [0.25, 0.3) is 0 Å². The van der Waals surface area contributed by atoms with Crippen LogP contribution >= 0.6 is 0 Å². The quantitative estimate of drug-likeness (QED) is 0.105. The molecule has 4 N–H and O–H groups in total. The van der Waals surface area contributed by atoms with Crippen LogP contribution in [0.1, 0.15) is 65.7 Å². The Bertz CT molecular complexity index is 1290. The molecule has 3 rings (SSSR count). The van der Waals surface area contributed by atoms with Gasteiger partial charge in [-0.3, -0.25) is 0 Å². The molecule has 0 saturated heterocycles. The van der Waals surface area contributed by atoms with Gasteiger partial charge >= 0.3 is 11.9 Å². The fourth-order valence-corrected chi connectivity index (χ4v) is 4.11. The van der Waals surface area contributed by atoms with Gasteiger partial charge in [0.1, 0.15) is 23.8 Å². The predicted octanol–water partition coefficient (Wildman–Crippen LogP) is 6.01. The maximum Gasteiger partial charge on any atom is 0.335 e. The average molecular weight is 549 g/mol. The van der Waals surface area contributed by atoms with Crippen molar-refractivity contribution in [3.8, 4) is 17.4 Å². The number of methoxy groups -OCH3 is 1. The molecule has 40 heavy (non-hydrogen) atoms. The summed E-state index contributed by atoms with van der Waals surface area (Å²) in [6, 6.07) is 16.0. The first-order chi connectivity index (χ1) is 19.3. The summed E-state index contributed by atoms with van der Waals surface area (Å²) < 4.78 is 16.8. The summed E-state index contributed by atoms with van der Waals surface area (Å²) in [5.41, 5.74) is 8.39. The molecule has 9 heteroatoms. The fourth-order valence-electron chi connectivity index (χ4n) is 4.11. The number of nitrogens with two attached hydrogens (primary N) is 1. The van der Waals surface area contributed by atoms with Crippen LogP contribution in [0.2, 0.25) is 0 Å². The molecule has 2 aromatic carbocycles. The second kappa shape index (κ2) is 15.8. The minimum absolute atomic E-state index is 0.0424.